The Kier molecular flexibility index (Phi) is 5.09. The Morgan fingerprint density at radius 3 is 2.35 bits per heavy atom. The quantitative estimate of drug-likeness (QED) is 0.787. The summed E-state index contributed by atoms with van der Waals surface area (Å²) in [5.74, 6) is 0.593. The molecule has 0 bridgehead atoms. The van der Waals surface area contributed by atoms with E-state index in [1.807, 2.05) is 24.3 Å². The number of aromatic nitrogens is 1. The lowest BCUT2D eigenvalue weighted by Crippen LogP contribution is -2.30. The summed E-state index contributed by atoms with van der Waals surface area (Å²) in [6.45, 7) is 0.576. The van der Waals surface area contributed by atoms with Crippen LogP contribution in [0.2, 0.25) is 0 Å². The molecule has 2 aromatic rings. The van der Waals surface area contributed by atoms with Crippen LogP contribution in [0.3, 0.4) is 0 Å². The van der Waals surface area contributed by atoms with Gasteiger partial charge < -0.3 is 0 Å². The second kappa shape index (κ2) is 7.49. The summed E-state index contributed by atoms with van der Waals surface area (Å²) in [5.41, 5.74) is 2.27. The molecule has 0 spiro atoms. The molecule has 1 aliphatic carbocycles. The van der Waals surface area contributed by atoms with E-state index in [1.165, 1.54) is 37.7 Å². The van der Waals surface area contributed by atoms with Crippen LogP contribution in [0.4, 0.5) is 0 Å². The first-order valence-electron chi connectivity index (χ1n) is 9.68. The van der Waals surface area contributed by atoms with E-state index in [1.54, 1.807) is 28.8 Å². The van der Waals surface area contributed by atoms with Gasteiger partial charge >= 0.3 is 0 Å². The summed E-state index contributed by atoms with van der Waals surface area (Å²) >= 11 is 0. The van der Waals surface area contributed by atoms with Crippen LogP contribution in [0.1, 0.15) is 68.0 Å². The molecule has 1 saturated heterocycles. The maximum absolute atomic E-state index is 13.2. The SMILES string of the molecule is O=S(=O)(c1ccc(C2CCCCC2)cc1)N1CCC[C@@H]1c1cccnc1. The van der Waals surface area contributed by atoms with Gasteiger partial charge in [0.25, 0.3) is 0 Å². The van der Waals surface area contributed by atoms with Crippen molar-refractivity contribution in [3.05, 3.63) is 59.9 Å². The van der Waals surface area contributed by atoms with Gasteiger partial charge in [0, 0.05) is 18.9 Å². The molecule has 2 aliphatic rings. The van der Waals surface area contributed by atoms with Crippen LogP contribution in [0.25, 0.3) is 0 Å². The van der Waals surface area contributed by atoms with E-state index in [0.29, 0.717) is 17.4 Å². The number of hydrogen-bond acceptors (Lipinski definition) is 3. The highest BCUT2D eigenvalue weighted by Gasteiger charge is 2.36. The molecule has 0 radical (unpaired) electrons. The summed E-state index contributed by atoms with van der Waals surface area (Å²) in [7, 11) is -3.48. The van der Waals surface area contributed by atoms with Gasteiger partial charge in [0.1, 0.15) is 0 Å². The fourth-order valence-electron chi connectivity index (χ4n) is 4.42. The number of rotatable bonds is 4. The summed E-state index contributed by atoms with van der Waals surface area (Å²) in [5, 5.41) is 0. The minimum Gasteiger partial charge on any atom is -0.264 e. The third-order valence-corrected chi connectivity index (χ3v) is 7.76. The van der Waals surface area contributed by atoms with Crippen LogP contribution in [-0.2, 0) is 10.0 Å². The number of benzene rings is 1. The van der Waals surface area contributed by atoms with Crippen molar-refractivity contribution in [2.24, 2.45) is 0 Å². The molecular weight excluding hydrogens is 344 g/mol. The van der Waals surface area contributed by atoms with Crippen molar-refractivity contribution >= 4 is 10.0 Å². The molecule has 0 N–H and O–H groups in total. The van der Waals surface area contributed by atoms with Crippen LogP contribution >= 0.6 is 0 Å². The van der Waals surface area contributed by atoms with Crippen molar-refractivity contribution < 1.29 is 8.42 Å². The second-order valence-electron chi connectivity index (χ2n) is 7.46. The van der Waals surface area contributed by atoms with Crippen molar-refractivity contribution in [1.82, 2.24) is 9.29 Å². The van der Waals surface area contributed by atoms with Crippen LogP contribution < -0.4 is 0 Å². The molecule has 1 aliphatic heterocycles. The largest absolute Gasteiger partial charge is 0.264 e. The summed E-state index contributed by atoms with van der Waals surface area (Å²) in [6.07, 6.45) is 11.6. The van der Waals surface area contributed by atoms with Gasteiger partial charge in [0.2, 0.25) is 10.0 Å². The van der Waals surface area contributed by atoms with E-state index < -0.39 is 10.0 Å². The number of nitrogens with zero attached hydrogens (tertiary/aromatic N) is 2. The van der Waals surface area contributed by atoms with Crippen LogP contribution in [-0.4, -0.2) is 24.3 Å². The third-order valence-electron chi connectivity index (χ3n) is 5.84. The molecule has 0 unspecified atom stereocenters. The second-order valence-corrected chi connectivity index (χ2v) is 9.35. The van der Waals surface area contributed by atoms with E-state index in [2.05, 4.69) is 4.98 Å². The average Bonchev–Trinajstić information content (AvgIpc) is 3.20. The van der Waals surface area contributed by atoms with Gasteiger partial charge in [-0.05, 0) is 60.9 Å². The molecule has 1 aromatic heterocycles. The minimum atomic E-state index is -3.48. The topological polar surface area (TPSA) is 50.3 Å². The fraction of sp³-hybridized carbons (Fsp3) is 0.476. The van der Waals surface area contributed by atoms with Crippen molar-refractivity contribution in [2.45, 2.75) is 61.8 Å². The van der Waals surface area contributed by atoms with Crippen LogP contribution in [0.15, 0.2) is 53.7 Å². The van der Waals surface area contributed by atoms with Crippen molar-refractivity contribution in [3.8, 4) is 0 Å². The third kappa shape index (κ3) is 3.42. The predicted molar refractivity (Wildman–Crippen MR) is 102 cm³/mol. The molecule has 4 rings (SSSR count). The Labute approximate surface area is 156 Å². The minimum absolute atomic E-state index is 0.105. The number of pyridine rings is 1. The van der Waals surface area contributed by atoms with Crippen LogP contribution in [0, 0.1) is 0 Å². The Hall–Kier alpha value is -1.72. The van der Waals surface area contributed by atoms with Crippen LogP contribution in [0.5, 0.6) is 0 Å². The lowest BCUT2D eigenvalue weighted by Gasteiger charge is -2.25. The van der Waals surface area contributed by atoms with Gasteiger partial charge in [-0.1, -0.05) is 37.5 Å². The Balaban J connectivity index is 1.57. The zero-order chi connectivity index (χ0) is 18.0. The Bertz CT molecular complexity index is 828. The lowest BCUT2D eigenvalue weighted by molar-refractivity contribution is 0.396. The maximum Gasteiger partial charge on any atom is 0.243 e. The Morgan fingerprint density at radius 1 is 0.885 bits per heavy atom. The van der Waals surface area contributed by atoms with Gasteiger partial charge in [0.15, 0.2) is 0 Å². The first kappa shape index (κ1) is 17.7. The molecule has 138 valence electrons. The molecule has 1 atom stereocenters. The molecule has 2 fully saturated rings. The van der Waals surface area contributed by atoms with E-state index >= 15 is 0 Å². The molecule has 1 saturated carbocycles. The van der Waals surface area contributed by atoms with Crippen molar-refractivity contribution in [1.29, 1.82) is 0 Å². The molecule has 0 amide bonds. The first-order valence-corrected chi connectivity index (χ1v) is 11.1. The zero-order valence-corrected chi connectivity index (χ0v) is 15.9. The van der Waals surface area contributed by atoms with Crippen molar-refractivity contribution in [2.75, 3.05) is 6.54 Å². The number of sulfonamides is 1. The van der Waals surface area contributed by atoms with Gasteiger partial charge in [-0.15, -0.1) is 0 Å². The molecule has 5 heteroatoms. The number of hydrogen-bond donors (Lipinski definition) is 0. The molecular formula is C21H26N2O2S. The zero-order valence-electron chi connectivity index (χ0n) is 15.0. The maximum atomic E-state index is 13.2. The Morgan fingerprint density at radius 2 is 1.65 bits per heavy atom. The summed E-state index contributed by atoms with van der Waals surface area (Å²) in [4.78, 5) is 4.57. The summed E-state index contributed by atoms with van der Waals surface area (Å²) in [6, 6.07) is 11.4. The molecule has 4 nitrogen and oxygen atoms in total. The monoisotopic (exact) mass is 370 g/mol. The van der Waals surface area contributed by atoms with Gasteiger partial charge in [-0.25, -0.2) is 8.42 Å². The highest BCUT2D eigenvalue weighted by atomic mass is 32.2. The molecule has 2 heterocycles. The highest BCUT2D eigenvalue weighted by molar-refractivity contribution is 7.89. The van der Waals surface area contributed by atoms with Gasteiger partial charge in [-0.3, -0.25) is 4.98 Å². The average molecular weight is 371 g/mol. The highest BCUT2D eigenvalue weighted by Crippen LogP contribution is 2.37. The summed E-state index contributed by atoms with van der Waals surface area (Å²) < 4.78 is 28.1. The standard InChI is InChI=1S/C21H26N2O2S/c24-26(25,23-15-5-9-21(23)19-8-4-14-22-16-19)20-12-10-18(11-13-20)17-6-2-1-3-7-17/h4,8,10-14,16-17,21H,1-3,5-7,9,15H2/t21-/m1/s1. The lowest BCUT2D eigenvalue weighted by atomic mass is 9.84. The smallest absolute Gasteiger partial charge is 0.243 e. The van der Waals surface area contributed by atoms with E-state index in [9.17, 15) is 8.42 Å². The van der Waals surface area contributed by atoms with Gasteiger partial charge in [-0.2, -0.15) is 4.31 Å². The van der Waals surface area contributed by atoms with Crippen molar-refractivity contribution in [3.63, 3.8) is 0 Å². The van der Waals surface area contributed by atoms with E-state index in [-0.39, 0.29) is 6.04 Å². The van der Waals surface area contributed by atoms with E-state index in [4.69, 9.17) is 0 Å². The fourth-order valence-corrected chi connectivity index (χ4v) is 6.10. The molecule has 1 aromatic carbocycles. The van der Waals surface area contributed by atoms with Gasteiger partial charge in [0.05, 0.1) is 10.9 Å². The molecule has 26 heavy (non-hydrogen) atoms. The first-order chi connectivity index (χ1) is 12.7. The van der Waals surface area contributed by atoms with E-state index in [0.717, 1.165) is 18.4 Å². The predicted octanol–water partition coefficient (Wildman–Crippen LogP) is 4.66. The normalized spacial score (nSPS) is 22.5.